The summed E-state index contributed by atoms with van der Waals surface area (Å²) in [4.78, 5) is 36.2. The number of carbonyl (C=O) groups excluding carboxylic acids is 3. The molecular weight excluding hydrogens is 360 g/mol. The number of amides is 3. The first-order valence-electron chi connectivity index (χ1n) is 9.62. The Labute approximate surface area is 163 Å². The maximum absolute atomic E-state index is 12.2. The van der Waals surface area contributed by atoms with Crippen LogP contribution in [0.1, 0.15) is 49.3 Å². The highest BCUT2D eigenvalue weighted by Gasteiger charge is 2.23. The second kappa shape index (κ2) is 8.46. The molecule has 1 aromatic heterocycles. The van der Waals surface area contributed by atoms with Gasteiger partial charge in [0.2, 0.25) is 0 Å². The van der Waals surface area contributed by atoms with Gasteiger partial charge in [0.05, 0.1) is 12.7 Å². The molecule has 2 N–H and O–H groups in total. The standard InChI is InChI=1S/C21H26N2O5/c1-12-8-9-17-15(11-27-19(17)13(12)2)10-18(24)28-14(3)20(25)23-21(26)22-16-6-4-5-7-16/h8-9,11,14,16H,4-7,10H2,1-3H3,(H2,22,23,25,26)/t14-/m1/s1. The third-order valence-corrected chi connectivity index (χ3v) is 5.28. The molecule has 0 aliphatic heterocycles. The summed E-state index contributed by atoms with van der Waals surface area (Å²) in [5.74, 6) is -1.20. The number of imide groups is 1. The van der Waals surface area contributed by atoms with Gasteiger partial charge in [0, 0.05) is 17.0 Å². The van der Waals surface area contributed by atoms with Crippen molar-refractivity contribution in [1.82, 2.24) is 10.6 Å². The number of aryl methyl sites for hydroxylation is 2. The average molecular weight is 386 g/mol. The number of urea groups is 1. The summed E-state index contributed by atoms with van der Waals surface area (Å²) in [5, 5.41) is 5.84. The molecule has 1 aliphatic rings. The van der Waals surface area contributed by atoms with E-state index in [0.717, 1.165) is 47.8 Å². The van der Waals surface area contributed by atoms with Crippen LogP contribution < -0.4 is 10.6 Å². The van der Waals surface area contributed by atoms with Crippen LogP contribution in [0.3, 0.4) is 0 Å². The Morgan fingerprint density at radius 1 is 1.21 bits per heavy atom. The van der Waals surface area contributed by atoms with E-state index in [2.05, 4.69) is 10.6 Å². The van der Waals surface area contributed by atoms with E-state index < -0.39 is 24.0 Å². The Hall–Kier alpha value is -2.83. The Balaban J connectivity index is 1.53. The maximum atomic E-state index is 12.2. The molecule has 28 heavy (non-hydrogen) atoms. The van der Waals surface area contributed by atoms with E-state index in [1.807, 2.05) is 26.0 Å². The van der Waals surface area contributed by atoms with E-state index in [-0.39, 0.29) is 12.5 Å². The Kier molecular flexibility index (Phi) is 6.02. The van der Waals surface area contributed by atoms with Crippen molar-refractivity contribution in [3.05, 3.63) is 35.1 Å². The lowest BCUT2D eigenvalue weighted by atomic mass is 10.0. The van der Waals surface area contributed by atoms with Crippen LogP contribution in [0.2, 0.25) is 0 Å². The number of furan rings is 1. The van der Waals surface area contributed by atoms with Gasteiger partial charge in [-0.3, -0.25) is 14.9 Å². The van der Waals surface area contributed by atoms with Crippen molar-refractivity contribution in [2.24, 2.45) is 0 Å². The van der Waals surface area contributed by atoms with Crippen molar-refractivity contribution < 1.29 is 23.5 Å². The predicted molar refractivity (Wildman–Crippen MR) is 104 cm³/mol. The molecular formula is C21H26N2O5. The van der Waals surface area contributed by atoms with Gasteiger partial charge >= 0.3 is 12.0 Å². The van der Waals surface area contributed by atoms with E-state index in [0.29, 0.717) is 5.56 Å². The van der Waals surface area contributed by atoms with Gasteiger partial charge in [0.25, 0.3) is 5.91 Å². The third-order valence-electron chi connectivity index (χ3n) is 5.28. The summed E-state index contributed by atoms with van der Waals surface area (Å²) in [6, 6.07) is 3.44. The quantitative estimate of drug-likeness (QED) is 0.769. The van der Waals surface area contributed by atoms with Crippen molar-refractivity contribution in [1.29, 1.82) is 0 Å². The van der Waals surface area contributed by atoms with Gasteiger partial charge in [0.1, 0.15) is 5.58 Å². The number of benzene rings is 1. The lowest BCUT2D eigenvalue weighted by Crippen LogP contribution is -2.47. The molecule has 7 nitrogen and oxygen atoms in total. The highest BCUT2D eigenvalue weighted by Crippen LogP contribution is 2.27. The number of carbonyl (C=O) groups is 3. The first-order chi connectivity index (χ1) is 13.3. The lowest BCUT2D eigenvalue weighted by Gasteiger charge is -2.15. The molecule has 0 spiro atoms. The van der Waals surface area contributed by atoms with Crippen molar-refractivity contribution in [2.75, 3.05) is 0 Å². The van der Waals surface area contributed by atoms with E-state index in [1.54, 1.807) is 0 Å². The largest absolute Gasteiger partial charge is 0.464 e. The Bertz CT molecular complexity index is 896. The summed E-state index contributed by atoms with van der Waals surface area (Å²) >= 11 is 0. The van der Waals surface area contributed by atoms with Crippen LogP contribution in [-0.4, -0.2) is 30.1 Å². The number of fused-ring (bicyclic) bond motifs is 1. The van der Waals surface area contributed by atoms with Gasteiger partial charge in [-0.05, 0) is 44.7 Å². The zero-order valence-corrected chi connectivity index (χ0v) is 16.5. The second-order valence-electron chi connectivity index (χ2n) is 7.40. The fourth-order valence-corrected chi connectivity index (χ4v) is 3.48. The zero-order chi connectivity index (χ0) is 20.3. The van der Waals surface area contributed by atoms with E-state index >= 15 is 0 Å². The van der Waals surface area contributed by atoms with E-state index in [1.165, 1.54) is 13.2 Å². The normalized spacial score (nSPS) is 15.4. The molecule has 2 aromatic rings. The molecule has 0 unspecified atom stereocenters. The number of hydrogen-bond donors (Lipinski definition) is 2. The van der Waals surface area contributed by atoms with Gasteiger partial charge in [0.15, 0.2) is 6.10 Å². The van der Waals surface area contributed by atoms with Gasteiger partial charge < -0.3 is 14.5 Å². The van der Waals surface area contributed by atoms with Crippen molar-refractivity contribution in [2.45, 2.75) is 65.0 Å². The monoisotopic (exact) mass is 386 g/mol. The molecule has 0 radical (unpaired) electrons. The fourth-order valence-electron chi connectivity index (χ4n) is 3.48. The summed E-state index contributed by atoms with van der Waals surface area (Å²) < 4.78 is 10.8. The van der Waals surface area contributed by atoms with Gasteiger partial charge in [-0.15, -0.1) is 0 Å². The highest BCUT2D eigenvalue weighted by atomic mass is 16.5. The van der Waals surface area contributed by atoms with Crippen molar-refractivity contribution in [3.8, 4) is 0 Å². The van der Waals surface area contributed by atoms with Gasteiger partial charge in [-0.25, -0.2) is 4.79 Å². The van der Waals surface area contributed by atoms with Gasteiger partial charge in [-0.2, -0.15) is 0 Å². The molecule has 1 heterocycles. The smallest absolute Gasteiger partial charge is 0.321 e. The summed E-state index contributed by atoms with van der Waals surface area (Å²) in [7, 11) is 0. The molecule has 0 bridgehead atoms. The predicted octanol–water partition coefficient (Wildman–Crippen LogP) is 3.29. The minimum atomic E-state index is -1.07. The van der Waals surface area contributed by atoms with Crippen LogP contribution in [-0.2, 0) is 20.7 Å². The zero-order valence-electron chi connectivity index (χ0n) is 16.5. The topological polar surface area (TPSA) is 97.6 Å². The first-order valence-corrected chi connectivity index (χ1v) is 9.62. The van der Waals surface area contributed by atoms with Crippen LogP contribution in [0.5, 0.6) is 0 Å². The van der Waals surface area contributed by atoms with Crippen molar-refractivity contribution >= 4 is 28.9 Å². The molecule has 150 valence electrons. The summed E-state index contributed by atoms with van der Waals surface area (Å²) in [6.45, 7) is 5.40. The van der Waals surface area contributed by atoms with Crippen LogP contribution in [0, 0.1) is 13.8 Å². The van der Waals surface area contributed by atoms with Crippen LogP contribution in [0.25, 0.3) is 11.0 Å². The first kappa shape index (κ1) is 19.9. The third kappa shape index (κ3) is 4.52. The van der Waals surface area contributed by atoms with Crippen LogP contribution >= 0.6 is 0 Å². The summed E-state index contributed by atoms with van der Waals surface area (Å²) in [5.41, 5.74) is 3.59. The lowest BCUT2D eigenvalue weighted by molar-refractivity contribution is -0.153. The average Bonchev–Trinajstić information content (AvgIpc) is 3.28. The van der Waals surface area contributed by atoms with Crippen LogP contribution in [0.15, 0.2) is 22.8 Å². The molecule has 1 aliphatic carbocycles. The fraction of sp³-hybridized carbons (Fsp3) is 0.476. The minimum Gasteiger partial charge on any atom is -0.464 e. The van der Waals surface area contributed by atoms with E-state index in [4.69, 9.17) is 9.15 Å². The molecule has 3 amide bonds. The van der Waals surface area contributed by atoms with Crippen molar-refractivity contribution in [3.63, 3.8) is 0 Å². The highest BCUT2D eigenvalue weighted by molar-refractivity contribution is 5.97. The van der Waals surface area contributed by atoms with E-state index in [9.17, 15) is 14.4 Å². The number of rotatable bonds is 5. The molecule has 0 saturated heterocycles. The molecule has 1 atom stereocenters. The maximum Gasteiger partial charge on any atom is 0.321 e. The van der Waals surface area contributed by atoms with Crippen LogP contribution in [0.4, 0.5) is 4.79 Å². The molecule has 1 fully saturated rings. The molecule has 1 saturated carbocycles. The number of esters is 1. The Morgan fingerprint density at radius 2 is 1.93 bits per heavy atom. The number of ether oxygens (including phenoxy) is 1. The molecule has 1 aromatic carbocycles. The second-order valence-corrected chi connectivity index (χ2v) is 7.40. The minimum absolute atomic E-state index is 0.0125. The number of hydrogen-bond acceptors (Lipinski definition) is 5. The molecule has 3 rings (SSSR count). The van der Waals surface area contributed by atoms with Gasteiger partial charge in [-0.1, -0.05) is 25.0 Å². The number of nitrogens with one attached hydrogen (secondary N) is 2. The SMILES string of the molecule is Cc1ccc2c(CC(=O)O[C@H](C)C(=O)NC(=O)NC3CCCC3)coc2c1C. The summed E-state index contributed by atoms with van der Waals surface area (Å²) in [6.07, 6.45) is 4.46. The Morgan fingerprint density at radius 3 is 2.64 bits per heavy atom. The molecule has 7 heteroatoms.